The van der Waals surface area contributed by atoms with Crippen LogP contribution < -0.4 is 10.6 Å². The average molecular weight is 274 g/mol. The highest BCUT2D eigenvalue weighted by molar-refractivity contribution is 5.38. The molecule has 2 aliphatic rings. The Bertz CT molecular complexity index is 394. The molecule has 1 saturated heterocycles. The molecule has 1 saturated carbocycles. The monoisotopic (exact) mass is 274 g/mol. The Hall–Kier alpha value is -1.13. The molecule has 2 heterocycles. The lowest BCUT2D eigenvalue weighted by Gasteiger charge is -2.41. The van der Waals surface area contributed by atoms with E-state index in [2.05, 4.69) is 26.9 Å². The highest BCUT2D eigenvalue weighted by Gasteiger charge is 2.30. The van der Waals surface area contributed by atoms with Gasteiger partial charge in [-0.2, -0.15) is 0 Å². The van der Waals surface area contributed by atoms with Crippen LogP contribution in [0.2, 0.25) is 0 Å². The number of pyridine rings is 1. The third-order valence-electron chi connectivity index (χ3n) is 4.94. The van der Waals surface area contributed by atoms with Gasteiger partial charge in [-0.15, -0.1) is 0 Å². The third kappa shape index (κ3) is 2.96. The van der Waals surface area contributed by atoms with Crippen molar-refractivity contribution in [3.63, 3.8) is 0 Å². The number of anilines is 1. The van der Waals surface area contributed by atoms with Crippen LogP contribution in [0, 0.1) is 5.92 Å². The molecule has 110 valence electrons. The van der Waals surface area contributed by atoms with Crippen LogP contribution in [0.15, 0.2) is 24.4 Å². The van der Waals surface area contributed by atoms with Crippen LogP contribution in [-0.4, -0.2) is 48.6 Å². The molecule has 0 amide bonds. The van der Waals surface area contributed by atoms with Crippen LogP contribution in [0.1, 0.15) is 25.7 Å². The second-order valence-corrected chi connectivity index (χ2v) is 6.06. The van der Waals surface area contributed by atoms with Crippen LogP contribution in [0.4, 0.5) is 5.82 Å². The van der Waals surface area contributed by atoms with E-state index in [0.29, 0.717) is 6.04 Å². The van der Waals surface area contributed by atoms with E-state index in [1.54, 1.807) is 0 Å². The highest BCUT2D eigenvalue weighted by atomic mass is 15.3. The first-order valence-corrected chi connectivity index (χ1v) is 7.98. The molecule has 20 heavy (non-hydrogen) atoms. The van der Waals surface area contributed by atoms with Crippen molar-refractivity contribution < 1.29 is 0 Å². The Labute approximate surface area is 122 Å². The standard InChI is InChI=1S/C16H26N4/c17-13-15(14-5-1-2-6-14)19-9-11-20(12-10-19)16-7-3-4-8-18-16/h3-4,7-8,14-15H,1-2,5-6,9-13,17H2. The SMILES string of the molecule is NCC(C1CCCC1)N1CCN(c2ccccn2)CC1. The van der Waals surface area contributed by atoms with Gasteiger partial charge in [0.2, 0.25) is 0 Å². The van der Waals surface area contributed by atoms with E-state index in [1.165, 1.54) is 25.7 Å². The molecule has 0 radical (unpaired) electrons. The van der Waals surface area contributed by atoms with E-state index in [0.717, 1.165) is 44.5 Å². The number of hydrogen-bond donors (Lipinski definition) is 1. The highest BCUT2D eigenvalue weighted by Crippen LogP contribution is 2.30. The zero-order valence-corrected chi connectivity index (χ0v) is 12.2. The maximum atomic E-state index is 6.06. The van der Waals surface area contributed by atoms with Crippen LogP contribution in [-0.2, 0) is 0 Å². The van der Waals surface area contributed by atoms with E-state index in [-0.39, 0.29) is 0 Å². The quantitative estimate of drug-likeness (QED) is 0.908. The van der Waals surface area contributed by atoms with Gasteiger partial charge in [-0.25, -0.2) is 4.98 Å². The first-order valence-electron chi connectivity index (χ1n) is 7.98. The van der Waals surface area contributed by atoms with Gasteiger partial charge in [-0.05, 0) is 30.9 Å². The molecule has 1 unspecified atom stereocenters. The average Bonchev–Trinajstić information content (AvgIpc) is 3.04. The minimum absolute atomic E-state index is 0.600. The predicted octanol–water partition coefficient (Wildman–Crippen LogP) is 1.72. The zero-order chi connectivity index (χ0) is 13.8. The van der Waals surface area contributed by atoms with Gasteiger partial charge in [-0.3, -0.25) is 4.90 Å². The minimum atomic E-state index is 0.600. The van der Waals surface area contributed by atoms with Crippen LogP contribution >= 0.6 is 0 Å². The van der Waals surface area contributed by atoms with Gasteiger partial charge in [0.05, 0.1) is 0 Å². The van der Waals surface area contributed by atoms with Gasteiger partial charge >= 0.3 is 0 Å². The van der Waals surface area contributed by atoms with Crippen LogP contribution in [0.25, 0.3) is 0 Å². The number of rotatable bonds is 4. The second-order valence-electron chi connectivity index (χ2n) is 6.06. The number of hydrogen-bond acceptors (Lipinski definition) is 4. The van der Waals surface area contributed by atoms with Crippen molar-refractivity contribution in [2.24, 2.45) is 11.7 Å². The number of piperazine rings is 1. The summed E-state index contributed by atoms with van der Waals surface area (Å²) in [6, 6.07) is 6.75. The van der Waals surface area contributed by atoms with E-state index < -0.39 is 0 Å². The molecule has 0 aromatic carbocycles. The molecule has 1 aliphatic heterocycles. The van der Waals surface area contributed by atoms with Gasteiger partial charge in [-0.1, -0.05) is 18.9 Å². The molecule has 1 aromatic rings. The first-order chi connectivity index (χ1) is 9.88. The van der Waals surface area contributed by atoms with Crippen molar-refractivity contribution >= 4 is 5.82 Å². The predicted molar refractivity (Wildman–Crippen MR) is 82.8 cm³/mol. The lowest BCUT2D eigenvalue weighted by molar-refractivity contribution is 0.139. The van der Waals surface area contributed by atoms with Gasteiger partial charge in [0.15, 0.2) is 0 Å². The van der Waals surface area contributed by atoms with E-state index in [9.17, 15) is 0 Å². The zero-order valence-electron chi connectivity index (χ0n) is 12.2. The van der Waals surface area contributed by atoms with Crippen molar-refractivity contribution in [3.8, 4) is 0 Å². The molecule has 2 N–H and O–H groups in total. The lowest BCUT2D eigenvalue weighted by atomic mass is 9.96. The van der Waals surface area contributed by atoms with Crippen molar-refractivity contribution in [1.82, 2.24) is 9.88 Å². The van der Waals surface area contributed by atoms with E-state index in [4.69, 9.17) is 5.73 Å². The van der Waals surface area contributed by atoms with E-state index >= 15 is 0 Å². The molecule has 1 aliphatic carbocycles. The number of nitrogens with two attached hydrogens (primary N) is 1. The van der Waals surface area contributed by atoms with E-state index in [1.807, 2.05) is 12.3 Å². The third-order valence-corrected chi connectivity index (χ3v) is 4.94. The molecular formula is C16H26N4. The topological polar surface area (TPSA) is 45.4 Å². The maximum Gasteiger partial charge on any atom is 0.128 e. The fourth-order valence-electron chi connectivity index (χ4n) is 3.81. The Kier molecular flexibility index (Phi) is 4.53. The second kappa shape index (κ2) is 6.55. The van der Waals surface area contributed by atoms with Crippen LogP contribution in [0.5, 0.6) is 0 Å². The summed E-state index contributed by atoms with van der Waals surface area (Å²) in [7, 11) is 0. The lowest BCUT2D eigenvalue weighted by Crippen LogP contribution is -2.54. The number of nitrogens with zero attached hydrogens (tertiary/aromatic N) is 3. The van der Waals surface area contributed by atoms with Crippen molar-refractivity contribution in [3.05, 3.63) is 24.4 Å². The van der Waals surface area contributed by atoms with Crippen molar-refractivity contribution in [1.29, 1.82) is 0 Å². The summed E-state index contributed by atoms with van der Waals surface area (Å²) in [5.41, 5.74) is 6.06. The largest absolute Gasteiger partial charge is 0.354 e. The summed E-state index contributed by atoms with van der Waals surface area (Å²) in [5.74, 6) is 1.94. The summed E-state index contributed by atoms with van der Waals surface area (Å²) in [4.78, 5) is 9.46. The molecule has 4 nitrogen and oxygen atoms in total. The molecule has 4 heteroatoms. The first kappa shape index (κ1) is 13.8. The summed E-state index contributed by atoms with van der Waals surface area (Å²) < 4.78 is 0. The van der Waals surface area contributed by atoms with Gasteiger partial charge in [0.25, 0.3) is 0 Å². The van der Waals surface area contributed by atoms with Crippen LogP contribution in [0.3, 0.4) is 0 Å². The summed E-state index contributed by atoms with van der Waals surface area (Å²) in [6.07, 6.45) is 7.43. The fourth-order valence-corrected chi connectivity index (χ4v) is 3.81. The van der Waals surface area contributed by atoms with Crippen molar-refractivity contribution in [2.75, 3.05) is 37.6 Å². The molecule has 2 fully saturated rings. The van der Waals surface area contributed by atoms with Gasteiger partial charge in [0, 0.05) is 45.0 Å². The summed E-state index contributed by atoms with van der Waals surface area (Å²) in [5, 5.41) is 0. The molecule has 0 spiro atoms. The Balaban J connectivity index is 1.57. The molecule has 0 bridgehead atoms. The molecule has 3 rings (SSSR count). The van der Waals surface area contributed by atoms with Gasteiger partial charge < -0.3 is 10.6 Å². The molecular weight excluding hydrogens is 248 g/mol. The molecule has 1 atom stereocenters. The number of aromatic nitrogens is 1. The smallest absolute Gasteiger partial charge is 0.128 e. The Morgan fingerprint density at radius 2 is 1.90 bits per heavy atom. The minimum Gasteiger partial charge on any atom is -0.354 e. The van der Waals surface area contributed by atoms with Crippen molar-refractivity contribution in [2.45, 2.75) is 31.7 Å². The fraction of sp³-hybridized carbons (Fsp3) is 0.688. The summed E-state index contributed by atoms with van der Waals surface area (Å²) >= 11 is 0. The molecule has 1 aromatic heterocycles. The summed E-state index contributed by atoms with van der Waals surface area (Å²) in [6.45, 7) is 5.19. The normalized spacial score (nSPS) is 23.1. The Morgan fingerprint density at radius 1 is 1.15 bits per heavy atom. The maximum absolute atomic E-state index is 6.06. The Morgan fingerprint density at radius 3 is 2.50 bits per heavy atom. The van der Waals surface area contributed by atoms with Gasteiger partial charge in [0.1, 0.15) is 5.82 Å².